The van der Waals surface area contributed by atoms with E-state index in [2.05, 4.69) is 32.2 Å². The number of rotatable bonds is 4. The molecule has 2 heterocycles. The minimum absolute atomic E-state index is 0.235. The molecule has 6 heteroatoms. The van der Waals surface area contributed by atoms with Crippen LogP contribution in [0.2, 0.25) is 5.28 Å². The fourth-order valence-corrected chi connectivity index (χ4v) is 3.15. The van der Waals surface area contributed by atoms with Crippen LogP contribution >= 0.6 is 11.6 Å². The van der Waals surface area contributed by atoms with Gasteiger partial charge in [0.05, 0.1) is 6.33 Å². The first-order chi connectivity index (χ1) is 9.22. The average Bonchev–Trinajstić information content (AvgIpc) is 3.05. The molecular weight excluding hydrogens is 262 g/mol. The van der Waals surface area contributed by atoms with Crippen molar-refractivity contribution in [3.8, 4) is 0 Å². The van der Waals surface area contributed by atoms with Crippen LogP contribution in [0.3, 0.4) is 0 Å². The maximum Gasteiger partial charge on any atom is 0.226 e. The topological polar surface area (TPSA) is 66.5 Å². The summed E-state index contributed by atoms with van der Waals surface area (Å²) >= 11 is 5.93. The highest BCUT2D eigenvalue weighted by molar-refractivity contribution is 6.28. The maximum absolute atomic E-state index is 5.93. The van der Waals surface area contributed by atoms with Gasteiger partial charge in [0.25, 0.3) is 0 Å². The molecule has 2 N–H and O–H groups in total. The van der Waals surface area contributed by atoms with Crippen LogP contribution in [0.1, 0.15) is 39.0 Å². The summed E-state index contributed by atoms with van der Waals surface area (Å²) in [5.74, 6) is 0.757. The monoisotopic (exact) mass is 279 g/mol. The Morgan fingerprint density at radius 3 is 2.89 bits per heavy atom. The number of nitrogens with one attached hydrogen (secondary N) is 2. The predicted octanol–water partition coefficient (Wildman–Crippen LogP) is 3.39. The highest BCUT2D eigenvalue weighted by Crippen LogP contribution is 2.41. The molecule has 19 heavy (non-hydrogen) atoms. The minimum Gasteiger partial charge on any atom is -0.368 e. The van der Waals surface area contributed by atoms with Gasteiger partial charge in [-0.15, -0.1) is 0 Å². The number of nitrogens with zero attached hydrogens (tertiary/aromatic N) is 3. The van der Waals surface area contributed by atoms with Crippen molar-refractivity contribution in [1.29, 1.82) is 0 Å². The molecule has 0 unspecified atom stereocenters. The van der Waals surface area contributed by atoms with Crippen molar-refractivity contribution in [1.82, 2.24) is 19.9 Å². The van der Waals surface area contributed by atoms with E-state index in [1.165, 1.54) is 32.1 Å². The zero-order chi connectivity index (χ0) is 13.3. The Morgan fingerprint density at radius 2 is 2.16 bits per heavy atom. The molecule has 0 atom stereocenters. The summed E-state index contributed by atoms with van der Waals surface area (Å²) in [6, 6.07) is 0. The first-order valence-corrected chi connectivity index (χ1v) is 7.21. The largest absolute Gasteiger partial charge is 0.368 e. The fourth-order valence-electron chi connectivity index (χ4n) is 2.99. The third-order valence-corrected chi connectivity index (χ3v) is 4.47. The van der Waals surface area contributed by atoms with Crippen molar-refractivity contribution < 1.29 is 0 Å². The number of H-pyrrole nitrogens is 1. The molecule has 0 aromatic carbocycles. The van der Waals surface area contributed by atoms with Crippen LogP contribution in [0.5, 0.6) is 0 Å². The van der Waals surface area contributed by atoms with Gasteiger partial charge >= 0.3 is 0 Å². The van der Waals surface area contributed by atoms with Gasteiger partial charge in [-0.3, -0.25) is 0 Å². The summed E-state index contributed by atoms with van der Waals surface area (Å²) in [5.41, 5.74) is 1.84. The van der Waals surface area contributed by atoms with Gasteiger partial charge in [-0.25, -0.2) is 4.98 Å². The lowest BCUT2D eigenvalue weighted by molar-refractivity contribution is 0.306. The molecule has 0 amide bonds. The van der Waals surface area contributed by atoms with Gasteiger partial charge in [-0.2, -0.15) is 9.97 Å². The van der Waals surface area contributed by atoms with E-state index in [-0.39, 0.29) is 5.28 Å². The van der Waals surface area contributed by atoms with Gasteiger partial charge in [-0.05, 0) is 36.3 Å². The number of hydrogen-bond donors (Lipinski definition) is 2. The molecule has 1 saturated carbocycles. The zero-order valence-electron chi connectivity index (χ0n) is 11.0. The van der Waals surface area contributed by atoms with E-state index in [1.54, 1.807) is 6.33 Å². The van der Waals surface area contributed by atoms with Gasteiger partial charge in [0.2, 0.25) is 5.28 Å². The third kappa shape index (κ3) is 2.39. The van der Waals surface area contributed by atoms with Crippen LogP contribution in [0, 0.1) is 5.41 Å². The molecule has 1 fully saturated rings. The molecule has 0 aliphatic heterocycles. The van der Waals surface area contributed by atoms with Crippen molar-refractivity contribution in [3.63, 3.8) is 0 Å². The molecule has 5 nitrogen and oxygen atoms in total. The minimum atomic E-state index is 0.235. The predicted molar refractivity (Wildman–Crippen MR) is 76.4 cm³/mol. The van der Waals surface area contributed by atoms with Crippen LogP contribution in [0.4, 0.5) is 5.82 Å². The number of hydrogen-bond acceptors (Lipinski definition) is 4. The molecule has 3 rings (SSSR count). The Balaban J connectivity index is 1.83. The van der Waals surface area contributed by atoms with Gasteiger partial charge in [-0.1, -0.05) is 19.8 Å². The van der Waals surface area contributed by atoms with Crippen molar-refractivity contribution in [2.24, 2.45) is 5.41 Å². The number of aromatic amines is 1. The molecule has 1 aliphatic carbocycles. The van der Waals surface area contributed by atoms with Crippen molar-refractivity contribution >= 4 is 28.6 Å². The Kier molecular flexibility index (Phi) is 3.31. The smallest absolute Gasteiger partial charge is 0.226 e. The Morgan fingerprint density at radius 1 is 1.37 bits per heavy atom. The molecule has 0 saturated heterocycles. The lowest BCUT2D eigenvalue weighted by Gasteiger charge is -2.27. The summed E-state index contributed by atoms with van der Waals surface area (Å²) in [6.07, 6.45) is 8.07. The molecule has 2 aromatic heterocycles. The molecule has 0 radical (unpaired) electrons. The molecule has 0 spiro atoms. The molecule has 1 aliphatic rings. The summed E-state index contributed by atoms with van der Waals surface area (Å²) < 4.78 is 0. The van der Waals surface area contributed by atoms with E-state index in [9.17, 15) is 0 Å². The quantitative estimate of drug-likeness (QED) is 0.842. The fraction of sp³-hybridized carbons (Fsp3) is 0.615. The van der Waals surface area contributed by atoms with Gasteiger partial charge in [0.1, 0.15) is 5.52 Å². The summed E-state index contributed by atoms with van der Waals surface area (Å²) in [4.78, 5) is 15.5. The van der Waals surface area contributed by atoms with Gasteiger partial charge in [0.15, 0.2) is 11.5 Å². The van der Waals surface area contributed by atoms with E-state index < -0.39 is 0 Å². The summed E-state index contributed by atoms with van der Waals surface area (Å²) in [7, 11) is 0. The van der Waals surface area contributed by atoms with Gasteiger partial charge < -0.3 is 10.3 Å². The highest BCUT2D eigenvalue weighted by Gasteiger charge is 2.31. The van der Waals surface area contributed by atoms with Crippen LogP contribution in [-0.2, 0) is 0 Å². The Labute approximate surface area is 117 Å². The van der Waals surface area contributed by atoms with Crippen LogP contribution in [0.25, 0.3) is 11.2 Å². The van der Waals surface area contributed by atoms with E-state index in [4.69, 9.17) is 11.6 Å². The second kappa shape index (κ2) is 4.96. The normalized spacial score (nSPS) is 18.0. The number of halogens is 1. The average molecular weight is 280 g/mol. The third-order valence-electron chi connectivity index (χ3n) is 4.30. The van der Waals surface area contributed by atoms with E-state index >= 15 is 0 Å². The molecule has 102 valence electrons. The number of aromatic nitrogens is 4. The van der Waals surface area contributed by atoms with Crippen molar-refractivity contribution in [3.05, 3.63) is 11.6 Å². The molecule has 2 aromatic rings. The van der Waals surface area contributed by atoms with Crippen LogP contribution in [0.15, 0.2) is 6.33 Å². The van der Waals surface area contributed by atoms with Crippen molar-refractivity contribution in [2.45, 2.75) is 39.0 Å². The van der Waals surface area contributed by atoms with E-state index in [0.717, 1.165) is 17.9 Å². The number of imidazole rings is 1. The highest BCUT2D eigenvalue weighted by atomic mass is 35.5. The molecule has 0 bridgehead atoms. The van der Waals surface area contributed by atoms with E-state index in [1.807, 2.05) is 0 Å². The van der Waals surface area contributed by atoms with Crippen LogP contribution < -0.4 is 5.32 Å². The van der Waals surface area contributed by atoms with Crippen LogP contribution in [-0.4, -0.2) is 26.5 Å². The maximum atomic E-state index is 5.93. The standard InChI is InChI=1S/C13H18ClN5/c1-2-13(5-3-4-6-13)7-15-10-9-11(17-8-16-9)19-12(14)18-10/h8H,2-7H2,1H3,(H2,15,16,17,18,19). The van der Waals surface area contributed by atoms with Crippen molar-refractivity contribution in [2.75, 3.05) is 11.9 Å². The Hall–Kier alpha value is -1.36. The number of anilines is 1. The lowest BCUT2D eigenvalue weighted by atomic mass is 9.83. The van der Waals surface area contributed by atoms with Gasteiger partial charge in [0, 0.05) is 6.54 Å². The Bertz CT molecular complexity index is 573. The second-order valence-corrected chi connectivity index (χ2v) is 5.69. The first-order valence-electron chi connectivity index (χ1n) is 6.83. The second-order valence-electron chi connectivity index (χ2n) is 5.36. The number of fused-ring (bicyclic) bond motifs is 1. The van der Waals surface area contributed by atoms with E-state index in [0.29, 0.717) is 11.1 Å². The lowest BCUT2D eigenvalue weighted by Crippen LogP contribution is -2.26. The first kappa shape index (κ1) is 12.7. The summed E-state index contributed by atoms with van der Waals surface area (Å²) in [5, 5.41) is 3.68. The SMILES string of the molecule is CCC1(CNc2nc(Cl)nc3nc[nH]c23)CCCC1. The molecular formula is C13H18ClN5. The summed E-state index contributed by atoms with van der Waals surface area (Å²) in [6.45, 7) is 3.21. The zero-order valence-corrected chi connectivity index (χ0v) is 11.8.